The third kappa shape index (κ3) is 3.44. The second-order valence-corrected chi connectivity index (χ2v) is 3.86. The van der Waals surface area contributed by atoms with E-state index in [1.54, 1.807) is 0 Å². The van der Waals surface area contributed by atoms with Gasteiger partial charge in [0.1, 0.15) is 6.61 Å². The van der Waals surface area contributed by atoms with E-state index < -0.39 is 12.4 Å². The lowest BCUT2D eigenvalue weighted by atomic mass is 10.2. The van der Waals surface area contributed by atoms with Gasteiger partial charge in [0.15, 0.2) is 6.29 Å². The molecule has 92 valence electrons. The Balaban J connectivity index is 1.74. The van der Waals surface area contributed by atoms with E-state index >= 15 is 0 Å². The Morgan fingerprint density at radius 2 is 2.24 bits per heavy atom. The summed E-state index contributed by atoms with van der Waals surface area (Å²) in [5, 5.41) is 11.9. The van der Waals surface area contributed by atoms with Crippen molar-refractivity contribution < 1.29 is 19.4 Å². The molecule has 17 heavy (non-hydrogen) atoms. The lowest BCUT2D eigenvalue weighted by Gasteiger charge is -2.14. The summed E-state index contributed by atoms with van der Waals surface area (Å²) >= 11 is 0. The minimum Gasteiger partial charge on any atom is -0.445 e. The Morgan fingerprint density at radius 1 is 1.47 bits per heavy atom. The Morgan fingerprint density at radius 3 is 2.88 bits per heavy atom. The van der Waals surface area contributed by atoms with Crippen molar-refractivity contribution in [3.8, 4) is 0 Å². The lowest BCUT2D eigenvalue weighted by molar-refractivity contribution is -0.0712. The third-order valence-corrected chi connectivity index (χ3v) is 2.58. The molecule has 0 bridgehead atoms. The van der Waals surface area contributed by atoms with Gasteiger partial charge in [-0.2, -0.15) is 0 Å². The highest BCUT2D eigenvalue weighted by Crippen LogP contribution is 2.11. The molecule has 2 N–H and O–H groups in total. The largest absolute Gasteiger partial charge is 0.445 e. The molecule has 1 aliphatic rings. The van der Waals surface area contributed by atoms with Crippen molar-refractivity contribution in [2.45, 2.75) is 25.4 Å². The fraction of sp³-hybridized carbons (Fsp3) is 0.417. The molecule has 2 atom stereocenters. The molecule has 1 aromatic carbocycles. The standard InChI is InChI=1S/C12H15NO4/c14-11-10(6-7-16-11)13-12(15)17-8-9-4-2-1-3-5-9/h1-5,10-11,14H,6-8H2,(H,13,15). The Hall–Kier alpha value is -1.59. The van der Waals surface area contributed by atoms with E-state index in [4.69, 9.17) is 9.47 Å². The smallest absolute Gasteiger partial charge is 0.407 e. The van der Waals surface area contributed by atoms with Crippen LogP contribution < -0.4 is 5.32 Å². The average Bonchev–Trinajstić information content (AvgIpc) is 2.74. The molecule has 0 radical (unpaired) electrons. The van der Waals surface area contributed by atoms with Crippen LogP contribution in [0.3, 0.4) is 0 Å². The van der Waals surface area contributed by atoms with Crippen molar-refractivity contribution in [3.63, 3.8) is 0 Å². The van der Waals surface area contributed by atoms with Gasteiger partial charge >= 0.3 is 6.09 Å². The normalized spacial score (nSPS) is 23.4. The molecule has 1 amide bonds. The molecule has 1 fully saturated rings. The Labute approximate surface area is 99.3 Å². The molecule has 1 saturated heterocycles. The molecule has 2 rings (SSSR count). The van der Waals surface area contributed by atoms with Crippen LogP contribution in [0.4, 0.5) is 4.79 Å². The number of carbonyl (C=O) groups is 1. The monoisotopic (exact) mass is 237 g/mol. The minimum atomic E-state index is -0.931. The van der Waals surface area contributed by atoms with Crippen LogP contribution in [-0.2, 0) is 16.1 Å². The van der Waals surface area contributed by atoms with Gasteiger partial charge in [-0.25, -0.2) is 4.79 Å². The highest BCUT2D eigenvalue weighted by Gasteiger charge is 2.27. The molecule has 5 nitrogen and oxygen atoms in total. The summed E-state index contributed by atoms with van der Waals surface area (Å²) in [5.74, 6) is 0. The minimum absolute atomic E-state index is 0.219. The molecule has 0 spiro atoms. The fourth-order valence-corrected chi connectivity index (χ4v) is 1.63. The maximum atomic E-state index is 11.4. The summed E-state index contributed by atoms with van der Waals surface area (Å²) in [4.78, 5) is 11.4. The van der Waals surface area contributed by atoms with Crippen molar-refractivity contribution in [2.75, 3.05) is 6.61 Å². The molecule has 1 aromatic rings. The van der Waals surface area contributed by atoms with Crippen LogP contribution in [0.15, 0.2) is 30.3 Å². The first kappa shape index (κ1) is 11.9. The van der Waals surface area contributed by atoms with Gasteiger partial charge in [-0.1, -0.05) is 30.3 Å². The summed E-state index contributed by atoms with van der Waals surface area (Å²) in [5.41, 5.74) is 0.922. The van der Waals surface area contributed by atoms with E-state index in [0.29, 0.717) is 13.0 Å². The molecular formula is C12H15NO4. The van der Waals surface area contributed by atoms with Crippen LogP contribution in [0.2, 0.25) is 0 Å². The first-order chi connectivity index (χ1) is 8.25. The summed E-state index contributed by atoms with van der Waals surface area (Å²) in [6, 6.07) is 9.03. The van der Waals surface area contributed by atoms with Crippen molar-refractivity contribution in [1.29, 1.82) is 0 Å². The number of aliphatic hydroxyl groups excluding tert-OH is 1. The van der Waals surface area contributed by atoms with Crippen molar-refractivity contribution >= 4 is 6.09 Å². The molecular weight excluding hydrogens is 222 g/mol. The van der Waals surface area contributed by atoms with Crippen LogP contribution in [0, 0.1) is 0 Å². The Kier molecular flexibility index (Phi) is 3.95. The number of carbonyl (C=O) groups excluding carboxylic acids is 1. The van der Waals surface area contributed by atoms with Gasteiger partial charge in [0.2, 0.25) is 0 Å². The number of alkyl carbamates (subject to hydrolysis) is 1. The van der Waals surface area contributed by atoms with Gasteiger partial charge in [-0.05, 0) is 12.0 Å². The summed E-state index contributed by atoms with van der Waals surface area (Å²) in [6.07, 6.45) is -0.871. The molecule has 2 unspecified atom stereocenters. The average molecular weight is 237 g/mol. The van der Waals surface area contributed by atoms with E-state index in [0.717, 1.165) is 5.56 Å². The number of amides is 1. The molecule has 0 saturated carbocycles. The van der Waals surface area contributed by atoms with Gasteiger partial charge in [-0.3, -0.25) is 0 Å². The maximum absolute atomic E-state index is 11.4. The highest BCUT2D eigenvalue weighted by atomic mass is 16.6. The van der Waals surface area contributed by atoms with Gasteiger partial charge in [0.05, 0.1) is 12.6 Å². The zero-order valence-corrected chi connectivity index (χ0v) is 9.33. The number of aliphatic hydroxyl groups is 1. The summed E-state index contributed by atoms with van der Waals surface area (Å²) < 4.78 is 9.94. The summed E-state index contributed by atoms with van der Waals surface area (Å²) in [7, 11) is 0. The van der Waals surface area contributed by atoms with E-state index in [9.17, 15) is 9.90 Å². The predicted molar refractivity (Wildman–Crippen MR) is 60.1 cm³/mol. The number of nitrogens with one attached hydrogen (secondary N) is 1. The first-order valence-electron chi connectivity index (χ1n) is 5.52. The van der Waals surface area contributed by atoms with Crippen LogP contribution in [-0.4, -0.2) is 30.1 Å². The number of hydrogen-bond donors (Lipinski definition) is 2. The topological polar surface area (TPSA) is 67.8 Å². The Bertz CT molecular complexity index is 368. The van der Waals surface area contributed by atoms with Crippen molar-refractivity contribution in [3.05, 3.63) is 35.9 Å². The van der Waals surface area contributed by atoms with Gasteiger partial charge in [-0.15, -0.1) is 0 Å². The zero-order chi connectivity index (χ0) is 12.1. The highest BCUT2D eigenvalue weighted by molar-refractivity contribution is 5.67. The quantitative estimate of drug-likeness (QED) is 0.823. The first-order valence-corrected chi connectivity index (χ1v) is 5.52. The van der Waals surface area contributed by atoms with Crippen molar-refractivity contribution in [2.24, 2.45) is 0 Å². The van der Waals surface area contributed by atoms with Crippen LogP contribution in [0.25, 0.3) is 0 Å². The predicted octanol–water partition coefficient (Wildman–Crippen LogP) is 1.02. The SMILES string of the molecule is O=C(NC1CCOC1O)OCc1ccccc1. The number of rotatable bonds is 3. The van der Waals surface area contributed by atoms with Crippen LogP contribution >= 0.6 is 0 Å². The molecule has 0 aliphatic carbocycles. The van der Waals surface area contributed by atoms with Gasteiger partial charge in [0.25, 0.3) is 0 Å². The zero-order valence-electron chi connectivity index (χ0n) is 9.33. The van der Waals surface area contributed by atoms with Crippen molar-refractivity contribution in [1.82, 2.24) is 5.32 Å². The molecule has 1 aliphatic heterocycles. The number of benzene rings is 1. The number of ether oxygens (including phenoxy) is 2. The molecule has 5 heteroatoms. The van der Waals surface area contributed by atoms with Crippen LogP contribution in [0.5, 0.6) is 0 Å². The third-order valence-electron chi connectivity index (χ3n) is 2.58. The van der Waals surface area contributed by atoms with E-state index in [1.807, 2.05) is 30.3 Å². The van der Waals surface area contributed by atoms with Crippen LogP contribution in [0.1, 0.15) is 12.0 Å². The summed E-state index contributed by atoms with van der Waals surface area (Å²) in [6.45, 7) is 0.668. The lowest BCUT2D eigenvalue weighted by Crippen LogP contribution is -2.40. The molecule has 1 heterocycles. The maximum Gasteiger partial charge on any atom is 0.407 e. The van der Waals surface area contributed by atoms with E-state index in [2.05, 4.69) is 5.32 Å². The van der Waals surface area contributed by atoms with Gasteiger partial charge in [0, 0.05) is 0 Å². The second-order valence-electron chi connectivity index (χ2n) is 3.86. The van der Waals surface area contributed by atoms with Gasteiger partial charge < -0.3 is 19.9 Å². The van der Waals surface area contributed by atoms with E-state index in [-0.39, 0.29) is 12.6 Å². The fourth-order valence-electron chi connectivity index (χ4n) is 1.63. The molecule has 0 aromatic heterocycles. The second kappa shape index (κ2) is 5.65. The van der Waals surface area contributed by atoms with E-state index in [1.165, 1.54) is 0 Å². The number of hydrogen-bond acceptors (Lipinski definition) is 4.